The molecule has 0 aliphatic carbocycles. The van der Waals surface area contributed by atoms with Crippen molar-refractivity contribution < 1.29 is 8.42 Å². The van der Waals surface area contributed by atoms with Crippen molar-refractivity contribution in [2.24, 2.45) is 12.0 Å². The molecule has 1 heterocycles. The number of benzene rings is 1. The number of rotatable bonds is 8. The van der Waals surface area contributed by atoms with E-state index in [1.54, 1.807) is 26.2 Å². The van der Waals surface area contributed by atoms with E-state index in [9.17, 15) is 8.42 Å². The zero-order valence-electron chi connectivity index (χ0n) is 19.9. The average molecular weight is 449 g/mol. The summed E-state index contributed by atoms with van der Waals surface area (Å²) < 4.78 is 28.5. The van der Waals surface area contributed by atoms with Gasteiger partial charge >= 0.3 is 0 Å². The first-order chi connectivity index (χ1) is 14.5. The molecule has 172 valence electrons. The number of hydrogen-bond donors (Lipinski definition) is 2. The number of aliphatic imine (C=N–C) groups is 1. The third-order valence-corrected chi connectivity index (χ3v) is 7.61. The van der Waals surface area contributed by atoms with Crippen molar-refractivity contribution in [3.05, 3.63) is 46.8 Å². The van der Waals surface area contributed by atoms with E-state index in [1.165, 1.54) is 15.6 Å². The van der Waals surface area contributed by atoms with Crippen molar-refractivity contribution in [3.8, 4) is 0 Å². The molecule has 1 unspecified atom stereocenters. The van der Waals surface area contributed by atoms with Crippen LogP contribution in [0.4, 0.5) is 0 Å². The van der Waals surface area contributed by atoms with E-state index in [-0.39, 0.29) is 12.1 Å². The Balaban J connectivity index is 1.96. The minimum Gasteiger partial charge on any atom is -0.354 e. The van der Waals surface area contributed by atoms with Gasteiger partial charge in [0.25, 0.3) is 0 Å². The molecule has 0 fully saturated rings. The molecule has 9 heteroatoms. The molecule has 0 saturated carbocycles. The van der Waals surface area contributed by atoms with Crippen LogP contribution in [0.15, 0.2) is 34.2 Å². The maximum absolute atomic E-state index is 12.6. The minimum atomic E-state index is -3.47. The molecular weight excluding hydrogens is 412 g/mol. The van der Waals surface area contributed by atoms with Crippen LogP contribution in [0.2, 0.25) is 0 Å². The van der Waals surface area contributed by atoms with Crippen LogP contribution in [0, 0.1) is 13.8 Å². The van der Waals surface area contributed by atoms with Crippen molar-refractivity contribution in [1.29, 1.82) is 0 Å². The van der Waals surface area contributed by atoms with Crippen LogP contribution in [0.25, 0.3) is 0 Å². The number of nitrogens with one attached hydrogen (secondary N) is 2. The van der Waals surface area contributed by atoms with Gasteiger partial charge in [0.05, 0.1) is 10.6 Å². The second-order valence-corrected chi connectivity index (χ2v) is 10.2. The molecule has 1 aromatic carbocycles. The highest BCUT2D eigenvalue weighted by Crippen LogP contribution is 2.17. The van der Waals surface area contributed by atoms with E-state index in [1.807, 2.05) is 44.6 Å². The van der Waals surface area contributed by atoms with E-state index in [0.29, 0.717) is 17.4 Å². The quantitative estimate of drug-likeness (QED) is 0.478. The second kappa shape index (κ2) is 10.3. The molecule has 2 N–H and O–H groups in total. The van der Waals surface area contributed by atoms with Gasteiger partial charge in [-0.1, -0.05) is 12.1 Å². The topological polar surface area (TPSA) is 91.6 Å². The number of aromatic nitrogens is 2. The lowest BCUT2D eigenvalue weighted by Crippen LogP contribution is -2.42. The molecule has 0 amide bonds. The number of aryl methyl sites for hydroxylation is 2. The molecule has 8 nitrogen and oxygen atoms in total. The Bertz CT molecular complexity index is 1010. The first-order valence-electron chi connectivity index (χ1n) is 10.5. The molecule has 0 saturated heterocycles. The summed E-state index contributed by atoms with van der Waals surface area (Å²) in [5.74, 6) is 0.697. The lowest BCUT2D eigenvalue weighted by atomic mass is 10.1. The predicted molar refractivity (Wildman–Crippen MR) is 126 cm³/mol. The summed E-state index contributed by atoms with van der Waals surface area (Å²) in [7, 11) is 1.82. The van der Waals surface area contributed by atoms with Crippen LogP contribution in [-0.4, -0.2) is 54.6 Å². The molecule has 31 heavy (non-hydrogen) atoms. The lowest BCUT2D eigenvalue weighted by Gasteiger charge is -2.21. The van der Waals surface area contributed by atoms with Gasteiger partial charge in [0, 0.05) is 45.5 Å². The van der Waals surface area contributed by atoms with E-state index < -0.39 is 10.0 Å². The smallest absolute Gasteiger partial charge is 0.243 e. The van der Waals surface area contributed by atoms with Gasteiger partial charge in [-0.15, -0.1) is 0 Å². The normalized spacial score (nSPS) is 13.7. The van der Waals surface area contributed by atoms with Crippen molar-refractivity contribution >= 4 is 16.0 Å². The second-order valence-electron chi connectivity index (χ2n) is 8.21. The number of sulfonamides is 1. The fourth-order valence-electron chi connectivity index (χ4n) is 3.31. The van der Waals surface area contributed by atoms with Crippen molar-refractivity contribution in [2.45, 2.75) is 64.6 Å². The Kier molecular flexibility index (Phi) is 8.25. The van der Waals surface area contributed by atoms with Crippen molar-refractivity contribution in [2.75, 3.05) is 14.1 Å². The molecule has 1 atom stereocenters. The van der Waals surface area contributed by atoms with Gasteiger partial charge < -0.3 is 10.6 Å². The van der Waals surface area contributed by atoms with Gasteiger partial charge in [-0.2, -0.15) is 9.40 Å². The lowest BCUT2D eigenvalue weighted by molar-refractivity contribution is 0.410. The summed E-state index contributed by atoms with van der Waals surface area (Å²) in [5, 5.41) is 11.2. The van der Waals surface area contributed by atoms with Crippen molar-refractivity contribution in [1.82, 2.24) is 24.7 Å². The van der Waals surface area contributed by atoms with Gasteiger partial charge in [-0.3, -0.25) is 9.67 Å². The fraction of sp³-hybridized carbons (Fsp3) is 0.545. The van der Waals surface area contributed by atoms with Crippen LogP contribution < -0.4 is 10.6 Å². The molecule has 0 radical (unpaired) electrons. The van der Waals surface area contributed by atoms with Gasteiger partial charge in [0.1, 0.15) is 0 Å². The monoisotopic (exact) mass is 448 g/mol. The van der Waals surface area contributed by atoms with Crippen molar-refractivity contribution in [3.63, 3.8) is 0 Å². The van der Waals surface area contributed by atoms with Crippen LogP contribution in [0.3, 0.4) is 0 Å². The zero-order valence-corrected chi connectivity index (χ0v) is 20.7. The Hall–Kier alpha value is -2.39. The maximum atomic E-state index is 12.6. The summed E-state index contributed by atoms with van der Waals surface area (Å²) in [5.41, 5.74) is 4.45. The largest absolute Gasteiger partial charge is 0.354 e. The van der Waals surface area contributed by atoms with Crippen LogP contribution in [0.1, 0.15) is 43.3 Å². The Morgan fingerprint density at radius 3 is 2.29 bits per heavy atom. The van der Waals surface area contributed by atoms with E-state index in [2.05, 4.69) is 34.6 Å². The summed E-state index contributed by atoms with van der Waals surface area (Å²) >= 11 is 0. The van der Waals surface area contributed by atoms with E-state index in [0.717, 1.165) is 17.7 Å². The van der Waals surface area contributed by atoms with Crippen LogP contribution in [-0.2, 0) is 30.0 Å². The summed E-state index contributed by atoms with van der Waals surface area (Å²) in [6, 6.07) is 7.03. The Labute approximate surface area is 186 Å². The minimum absolute atomic E-state index is 0.0954. The van der Waals surface area contributed by atoms with Crippen LogP contribution >= 0.6 is 0 Å². The Morgan fingerprint density at radius 1 is 1.19 bits per heavy atom. The third-order valence-electron chi connectivity index (χ3n) is 5.56. The van der Waals surface area contributed by atoms with Crippen LogP contribution in [0.5, 0.6) is 0 Å². The summed E-state index contributed by atoms with van der Waals surface area (Å²) in [6.45, 7) is 10.5. The van der Waals surface area contributed by atoms with E-state index >= 15 is 0 Å². The van der Waals surface area contributed by atoms with E-state index in [4.69, 9.17) is 0 Å². The number of nitrogens with zero attached hydrogens (tertiary/aromatic N) is 4. The number of guanidine groups is 1. The maximum Gasteiger partial charge on any atom is 0.243 e. The van der Waals surface area contributed by atoms with Gasteiger partial charge in [-0.05, 0) is 64.3 Å². The summed E-state index contributed by atoms with van der Waals surface area (Å²) in [6.07, 6.45) is 0.849. The molecular formula is C22H36N6O2S. The SMILES string of the molecule is CN=C(NCc1ccc(S(=O)(=O)N(C)C(C)C)cc1)NC(C)Cc1c(C)nn(C)c1C. The zero-order chi connectivity index (χ0) is 23.3. The average Bonchev–Trinajstić information content (AvgIpc) is 2.96. The van der Waals surface area contributed by atoms with Gasteiger partial charge in [0.15, 0.2) is 5.96 Å². The first kappa shape index (κ1) is 24.9. The highest BCUT2D eigenvalue weighted by molar-refractivity contribution is 7.89. The number of hydrogen-bond acceptors (Lipinski definition) is 4. The van der Waals surface area contributed by atoms with Gasteiger partial charge in [0.2, 0.25) is 10.0 Å². The standard InChI is InChI=1S/C22H36N6O2S/c1-15(2)28(8)31(29,30)20-11-9-19(10-12-20)14-24-22(23-6)25-16(3)13-21-17(4)26-27(7)18(21)5/h9-12,15-16H,13-14H2,1-8H3,(H2,23,24,25). The Morgan fingerprint density at radius 2 is 1.81 bits per heavy atom. The highest BCUT2D eigenvalue weighted by atomic mass is 32.2. The molecule has 2 rings (SSSR count). The molecule has 1 aromatic heterocycles. The first-order valence-corrected chi connectivity index (χ1v) is 11.9. The van der Waals surface area contributed by atoms with Gasteiger partial charge in [-0.25, -0.2) is 8.42 Å². The molecule has 0 aliphatic rings. The molecule has 0 bridgehead atoms. The molecule has 0 aliphatic heterocycles. The summed E-state index contributed by atoms with van der Waals surface area (Å²) in [4.78, 5) is 4.60. The highest BCUT2D eigenvalue weighted by Gasteiger charge is 2.22. The predicted octanol–water partition coefficient (Wildman–Crippen LogP) is 2.36. The molecule has 0 spiro atoms. The molecule has 2 aromatic rings. The third kappa shape index (κ3) is 6.07. The fourth-order valence-corrected chi connectivity index (χ4v) is 4.67.